The molecule has 0 fully saturated rings. The van der Waals surface area contributed by atoms with Crippen LogP contribution in [0.15, 0.2) is 48.5 Å². The summed E-state index contributed by atoms with van der Waals surface area (Å²) in [7, 11) is 0. The predicted octanol–water partition coefficient (Wildman–Crippen LogP) is 5.06. The van der Waals surface area contributed by atoms with E-state index in [0.717, 1.165) is 17.2 Å². The molecule has 0 radical (unpaired) electrons. The molecule has 0 aliphatic rings. The zero-order chi connectivity index (χ0) is 19.2. The third-order valence-electron chi connectivity index (χ3n) is 3.90. The molecule has 0 spiro atoms. The molecule has 0 amide bonds. The number of carbonyl (C=O) groups is 1. The normalized spacial score (nSPS) is 11.5. The van der Waals surface area contributed by atoms with Gasteiger partial charge >= 0.3 is 5.97 Å². The van der Waals surface area contributed by atoms with Crippen LogP contribution in [0.5, 0.6) is 11.5 Å². The van der Waals surface area contributed by atoms with E-state index in [0.29, 0.717) is 24.7 Å². The average Bonchev–Trinajstić information content (AvgIpc) is 2.59. The van der Waals surface area contributed by atoms with Crippen molar-refractivity contribution in [1.29, 1.82) is 0 Å². The van der Waals surface area contributed by atoms with Crippen LogP contribution in [0.4, 0.5) is 0 Å². The van der Waals surface area contributed by atoms with E-state index in [4.69, 9.17) is 14.6 Å². The van der Waals surface area contributed by atoms with E-state index in [1.54, 1.807) is 18.2 Å². The number of rotatable bonds is 7. The Bertz CT molecular complexity index is 768. The molecule has 0 unspecified atom stereocenters. The lowest BCUT2D eigenvalue weighted by Crippen LogP contribution is -2.10. The Labute approximate surface area is 155 Å². The van der Waals surface area contributed by atoms with Crippen LogP contribution in [0.25, 0.3) is 6.08 Å². The number of benzene rings is 2. The fourth-order valence-electron chi connectivity index (χ4n) is 2.45. The third kappa shape index (κ3) is 5.66. The van der Waals surface area contributed by atoms with Gasteiger partial charge in [0.1, 0.15) is 6.61 Å². The van der Waals surface area contributed by atoms with Gasteiger partial charge < -0.3 is 14.6 Å². The van der Waals surface area contributed by atoms with Crippen molar-refractivity contribution in [2.45, 2.75) is 39.7 Å². The van der Waals surface area contributed by atoms with Gasteiger partial charge in [0.15, 0.2) is 11.5 Å². The van der Waals surface area contributed by atoms with Gasteiger partial charge in [-0.15, -0.1) is 0 Å². The maximum Gasteiger partial charge on any atom is 0.328 e. The minimum Gasteiger partial charge on any atom is -0.490 e. The van der Waals surface area contributed by atoms with E-state index in [9.17, 15) is 4.79 Å². The second-order valence-electron chi connectivity index (χ2n) is 7.05. The molecule has 1 N–H and O–H groups in total. The van der Waals surface area contributed by atoms with Crippen LogP contribution < -0.4 is 9.47 Å². The zero-order valence-corrected chi connectivity index (χ0v) is 15.8. The summed E-state index contributed by atoms with van der Waals surface area (Å²) in [5.74, 6) is 0.257. The highest BCUT2D eigenvalue weighted by molar-refractivity contribution is 5.85. The second-order valence-corrected chi connectivity index (χ2v) is 7.05. The minimum absolute atomic E-state index is 0.126. The number of carboxylic acids is 1. The van der Waals surface area contributed by atoms with Crippen molar-refractivity contribution in [3.05, 3.63) is 65.2 Å². The number of carboxylic acid groups (broad SMARTS) is 1. The topological polar surface area (TPSA) is 55.8 Å². The molecule has 0 saturated heterocycles. The Hall–Kier alpha value is -2.75. The van der Waals surface area contributed by atoms with Gasteiger partial charge in [-0.25, -0.2) is 4.79 Å². The zero-order valence-electron chi connectivity index (χ0n) is 15.8. The maximum atomic E-state index is 10.7. The van der Waals surface area contributed by atoms with Gasteiger partial charge in [-0.05, 0) is 47.2 Å². The van der Waals surface area contributed by atoms with E-state index in [2.05, 4.69) is 45.0 Å². The van der Waals surface area contributed by atoms with Gasteiger partial charge in [0, 0.05) is 6.08 Å². The summed E-state index contributed by atoms with van der Waals surface area (Å²) in [5.41, 5.74) is 3.24. The van der Waals surface area contributed by atoms with Gasteiger partial charge in [-0.1, -0.05) is 51.1 Å². The summed E-state index contributed by atoms with van der Waals surface area (Å²) < 4.78 is 11.5. The van der Waals surface area contributed by atoms with Crippen LogP contribution in [0.3, 0.4) is 0 Å². The van der Waals surface area contributed by atoms with Crippen LogP contribution in [0.1, 0.15) is 44.4 Å². The standard InChI is InChI=1S/C22H26O4/c1-5-25-20-14-16(9-13-21(23)24)8-12-19(20)26-15-17-6-10-18(11-7-17)22(2,3)4/h6-14H,5,15H2,1-4H3,(H,23,24). The Morgan fingerprint density at radius 2 is 1.73 bits per heavy atom. The molecule has 138 valence electrons. The van der Waals surface area contributed by atoms with E-state index >= 15 is 0 Å². The van der Waals surface area contributed by atoms with E-state index < -0.39 is 5.97 Å². The highest BCUT2D eigenvalue weighted by atomic mass is 16.5. The quantitative estimate of drug-likeness (QED) is 0.706. The van der Waals surface area contributed by atoms with Crippen molar-refractivity contribution in [2.24, 2.45) is 0 Å². The summed E-state index contributed by atoms with van der Waals surface area (Å²) in [6, 6.07) is 13.8. The van der Waals surface area contributed by atoms with Crippen LogP contribution in [0.2, 0.25) is 0 Å². The maximum absolute atomic E-state index is 10.7. The van der Waals surface area contributed by atoms with Crippen molar-refractivity contribution in [1.82, 2.24) is 0 Å². The monoisotopic (exact) mass is 354 g/mol. The lowest BCUT2D eigenvalue weighted by molar-refractivity contribution is -0.131. The molecule has 4 nitrogen and oxygen atoms in total. The minimum atomic E-state index is -0.984. The summed E-state index contributed by atoms with van der Waals surface area (Å²) >= 11 is 0. The molecule has 0 atom stereocenters. The van der Waals surface area contributed by atoms with Gasteiger partial charge in [0.05, 0.1) is 6.61 Å². The fraction of sp³-hybridized carbons (Fsp3) is 0.318. The van der Waals surface area contributed by atoms with Crippen LogP contribution >= 0.6 is 0 Å². The predicted molar refractivity (Wildman–Crippen MR) is 104 cm³/mol. The first-order chi connectivity index (χ1) is 12.3. The molecule has 0 saturated carbocycles. The van der Waals surface area contributed by atoms with Gasteiger partial charge in [-0.2, -0.15) is 0 Å². The first-order valence-electron chi connectivity index (χ1n) is 8.69. The third-order valence-corrected chi connectivity index (χ3v) is 3.90. The number of hydrogen-bond acceptors (Lipinski definition) is 3. The first-order valence-corrected chi connectivity index (χ1v) is 8.69. The number of ether oxygens (including phenoxy) is 2. The Morgan fingerprint density at radius 1 is 1.04 bits per heavy atom. The van der Waals surface area contributed by atoms with Crippen LogP contribution in [-0.2, 0) is 16.8 Å². The van der Waals surface area contributed by atoms with Crippen molar-refractivity contribution in [3.8, 4) is 11.5 Å². The molecule has 0 aromatic heterocycles. The summed E-state index contributed by atoms with van der Waals surface area (Å²) in [6.07, 6.45) is 2.63. The molecule has 2 aromatic rings. The molecular formula is C22H26O4. The Morgan fingerprint density at radius 3 is 2.31 bits per heavy atom. The Kier molecular flexibility index (Phi) is 6.45. The van der Waals surface area contributed by atoms with Gasteiger partial charge in [-0.3, -0.25) is 0 Å². The van der Waals surface area contributed by atoms with Crippen LogP contribution in [-0.4, -0.2) is 17.7 Å². The summed E-state index contributed by atoms with van der Waals surface area (Å²) in [5, 5.41) is 8.74. The molecule has 0 aliphatic heterocycles. The molecule has 26 heavy (non-hydrogen) atoms. The molecule has 0 bridgehead atoms. The lowest BCUT2D eigenvalue weighted by Gasteiger charge is -2.19. The highest BCUT2D eigenvalue weighted by Crippen LogP contribution is 2.30. The van der Waals surface area contributed by atoms with Gasteiger partial charge in [0.25, 0.3) is 0 Å². The highest BCUT2D eigenvalue weighted by Gasteiger charge is 2.13. The second kappa shape index (κ2) is 8.56. The molecule has 0 heterocycles. The van der Waals surface area contributed by atoms with E-state index in [-0.39, 0.29) is 5.41 Å². The molecule has 0 aliphatic carbocycles. The molecule has 4 heteroatoms. The largest absolute Gasteiger partial charge is 0.490 e. The molecule has 2 aromatic carbocycles. The number of aliphatic carboxylic acids is 1. The SMILES string of the molecule is CCOc1cc(C=CC(=O)O)ccc1OCc1ccc(C(C)(C)C)cc1. The summed E-state index contributed by atoms with van der Waals surface area (Å²) in [4.78, 5) is 10.7. The fourth-order valence-corrected chi connectivity index (χ4v) is 2.45. The van der Waals surface area contributed by atoms with Crippen molar-refractivity contribution < 1.29 is 19.4 Å². The average molecular weight is 354 g/mol. The van der Waals surface area contributed by atoms with E-state index in [1.807, 2.05) is 6.92 Å². The van der Waals surface area contributed by atoms with Crippen LogP contribution in [0, 0.1) is 0 Å². The first kappa shape index (κ1) is 19.6. The smallest absolute Gasteiger partial charge is 0.328 e. The molecule has 2 rings (SSSR count). The van der Waals surface area contributed by atoms with Crippen molar-refractivity contribution in [3.63, 3.8) is 0 Å². The number of hydrogen-bond donors (Lipinski definition) is 1. The van der Waals surface area contributed by atoms with E-state index in [1.165, 1.54) is 11.6 Å². The molecular weight excluding hydrogens is 328 g/mol. The van der Waals surface area contributed by atoms with Gasteiger partial charge in [0.2, 0.25) is 0 Å². The lowest BCUT2D eigenvalue weighted by atomic mass is 9.87. The van der Waals surface area contributed by atoms with Crippen molar-refractivity contribution in [2.75, 3.05) is 6.61 Å². The van der Waals surface area contributed by atoms with Crippen molar-refractivity contribution >= 4 is 12.0 Å². The Balaban J connectivity index is 2.11. The summed E-state index contributed by atoms with van der Waals surface area (Å²) in [6.45, 7) is 9.40.